The molecule has 2 aromatic rings. The molecule has 7 nitrogen and oxygen atoms in total. The number of hydrogen-bond donors (Lipinski definition) is 2. The van der Waals surface area contributed by atoms with E-state index in [9.17, 15) is 18.0 Å². The maximum Gasteiger partial charge on any atom is 0.416 e. The van der Waals surface area contributed by atoms with E-state index in [1.54, 1.807) is 12.0 Å². The van der Waals surface area contributed by atoms with Crippen LogP contribution in [0, 0.1) is 5.92 Å². The number of carbonyl (C=O) groups excluding carboxylic acids is 1. The first kappa shape index (κ1) is 24.1. The Morgan fingerprint density at radius 1 is 1.31 bits per heavy atom. The molecule has 1 aliphatic heterocycles. The number of alkyl halides is 3. The van der Waals surface area contributed by atoms with Gasteiger partial charge in [-0.15, -0.1) is 0 Å². The molecule has 2 heterocycles. The van der Waals surface area contributed by atoms with Crippen molar-refractivity contribution in [2.75, 3.05) is 24.8 Å². The number of nitrogens with zero attached hydrogens (tertiary/aromatic N) is 3. The van der Waals surface area contributed by atoms with Gasteiger partial charge in [0.25, 0.3) is 0 Å². The molecule has 1 aliphatic rings. The number of nitrogens with one attached hydrogen (secondary N) is 1. The summed E-state index contributed by atoms with van der Waals surface area (Å²) >= 11 is 6.06. The summed E-state index contributed by atoms with van der Waals surface area (Å²) in [6, 6.07) is 3.38. The van der Waals surface area contributed by atoms with E-state index in [1.807, 2.05) is 6.92 Å². The van der Waals surface area contributed by atoms with Crippen molar-refractivity contribution in [3.8, 4) is 0 Å². The van der Waals surface area contributed by atoms with Crippen LogP contribution in [-0.2, 0) is 35.3 Å². The van der Waals surface area contributed by atoms with Gasteiger partial charge >= 0.3 is 6.18 Å². The summed E-state index contributed by atoms with van der Waals surface area (Å²) in [5, 5.41) is 3.02. The average molecular weight is 472 g/mol. The third-order valence-electron chi connectivity index (χ3n) is 5.38. The highest BCUT2D eigenvalue weighted by Gasteiger charge is 2.32. The van der Waals surface area contributed by atoms with Crippen molar-refractivity contribution >= 4 is 29.0 Å². The molecular weight excluding hydrogens is 447 g/mol. The largest absolute Gasteiger partial charge is 0.416 e. The van der Waals surface area contributed by atoms with Crippen molar-refractivity contribution < 1.29 is 22.7 Å². The molecule has 3 rings (SSSR count). The maximum absolute atomic E-state index is 13.1. The molecule has 1 aromatic carbocycles. The Morgan fingerprint density at radius 2 is 2.06 bits per heavy atom. The van der Waals surface area contributed by atoms with E-state index in [0.29, 0.717) is 55.2 Å². The van der Waals surface area contributed by atoms with E-state index in [1.165, 1.54) is 6.07 Å². The molecule has 0 aliphatic carbocycles. The van der Waals surface area contributed by atoms with E-state index in [4.69, 9.17) is 22.1 Å². The SMILES string of the molecule is CCC(CCOC)C(=O)N1Cc2nc(Cl)nc(NCc3cc(N)cc(C(F)(F)F)c3)c2C1. The first-order chi connectivity index (χ1) is 15.1. The van der Waals surface area contributed by atoms with Gasteiger partial charge in [0.2, 0.25) is 11.2 Å². The van der Waals surface area contributed by atoms with Crippen molar-refractivity contribution in [2.45, 2.75) is 45.6 Å². The summed E-state index contributed by atoms with van der Waals surface area (Å²) in [5.41, 5.74) is 6.49. The number of ether oxygens (including phenoxy) is 1. The zero-order valence-electron chi connectivity index (χ0n) is 17.8. The van der Waals surface area contributed by atoms with E-state index in [2.05, 4.69) is 15.3 Å². The van der Waals surface area contributed by atoms with Crippen LogP contribution in [0.3, 0.4) is 0 Å². The molecule has 0 fully saturated rings. The van der Waals surface area contributed by atoms with E-state index in [-0.39, 0.29) is 29.3 Å². The molecule has 32 heavy (non-hydrogen) atoms. The predicted molar refractivity (Wildman–Crippen MR) is 115 cm³/mol. The van der Waals surface area contributed by atoms with Gasteiger partial charge in [-0.25, -0.2) is 9.97 Å². The van der Waals surface area contributed by atoms with Crippen molar-refractivity contribution in [3.05, 3.63) is 45.9 Å². The van der Waals surface area contributed by atoms with Crippen molar-refractivity contribution in [2.24, 2.45) is 5.92 Å². The second kappa shape index (κ2) is 9.91. The smallest absolute Gasteiger partial charge is 0.399 e. The predicted octanol–water partition coefficient (Wildman–Crippen LogP) is 4.25. The second-order valence-electron chi connectivity index (χ2n) is 7.66. The van der Waals surface area contributed by atoms with Gasteiger partial charge in [-0.3, -0.25) is 4.79 Å². The number of nitrogens with two attached hydrogens (primary N) is 1. The van der Waals surface area contributed by atoms with Crippen LogP contribution in [-0.4, -0.2) is 34.5 Å². The lowest BCUT2D eigenvalue weighted by atomic mass is 10.0. The average Bonchev–Trinajstić information content (AvgIpc) is 3.15. The Bertz CT molecular complexity index is 987. The lowest BCUT2D eigenvalue weighted by molar-refractivity contribution is -0.138. The highest BCUT2D eigenvalue weighted by Crippen LogP contribution is 2.33. The highest BCUT2D eigenvalue weighted by atomic mass is 35.5. The third kappa shape index (κ3) is 5.60. The van der Waals surface area contributed by atoms with Crippen molar-refractivity contribution in [3.63, 3.8) is 0 Å². The molecule has 1 atom stereocenters. The number of benzene rings is 1. The second-order valence-corrected chi connectivity index (χ2v) is 8.00. The van der Waals surface area contributed by atoms with E-state index in [0.717, 1.165) is 12.1 Å². The van der Waals surface area contributed by atoms with Gasteiger partial charge in [0.15, 0.2) is 0 Å². The number of amides is 1. The normalized spacial score (nSPS) is 14.4. The molecule has 1 unspecified atom stereocenters. The van der Waals surface area contributed by atoms with Gasteiger partial charge in [0.1, 0.15) is 5.82 Å². The quantitative estimate of drug-likeness (QED) is 0.441. The van der Waals surface area contributed by atoms with Gasteiger partial charge in [-0.2, -0.15) is 13.2 Å². The molecule has 0 saturated heterocycles. The standard InChI is InChI=1S/C21H25ClF3N5O2/c1-3-13(4-5-32-2)19(31)30-10-16-17(11-30)28-20(22)29-18(16)27-9-12-6-14(21(23,24)25)8-15(26)7-12/h6-8,13H,3-5,9-11,26H2,1-2H3,(H,27,28,29). The summed E-state index contributed by atoms with van der Waals surface area (Å²) in [6.45, 7) is 3.08. The zero-order chi connectivity index (χ0) is 23.5. The number of hydrogen-bond acceptors (Lipinski definition) is 6. The van der Waals surface area contributed by atoms with E-state index >= 15 is 0 Å². The first-order valence-corrected chi connectivity index (χ1v) is 10.5. The fourth-order valence-electron chi connectivity index (χ4n) is 3.72. The zero-order valence-corrected chi connectivity index (χ0v) is 18.6. The minimum Gasteiger partial charge on any atom is -0.399 e. The molecular formula is C21H25ClF3N5O2. The molecule has 1 aromatic heterocycles. The Morgan fingerprint density at radius 3 is 2.72 bits per heavy atom. The van der Waals surface area contributed by atoms with Crippen LogP contribution in [0.4, 0.5) is 24.7 Å². The molecule has 1 amide bonds. The molecule has 3 N–H and O–H groups in total. The first-order valence-electron chi connectivity index (χ1n) is 10.2. The van der Waals surface area contributed by atoms with Crippen LogP contribution in [0.1, 0.15) is 42.1 Å². The number of aromatic nitrogens is 2. The third-order valence-corrected chi connectivity index (χ3v) is 5.55. The number of fused-ring (bicyclic) bond motifs is 1. The summed E-state index contributed by atoms with van der Waals surface area (Å²) < 4.78 is 44.3. The van der Waals surface area contributed by atoms with Crippen LogP contribution >= 0.6 is 11.6 Å². The fraction of sp³-hybridized carbons (Fsp3) is 0.476. The van der Waals surface area contributed by atoms with Gasteiger partial charge < -0.3 is 20.7 Å². The Kier molecular flexibility index (Phi) is 7.45. The number of carbonyl (C=O) groups is 1. The summed E-state index contributed by atoms with van der Waals surface area (Å²) in [6.07, 6.45) is -3.19. The lowest BCUT2D eigenvalue weighted by Crippen LogP contribution is -2.32. The monoisotopic (exact) mass is 471 g/mol. The van der Waals surface area contributed by atoms with Gasteiger partial charge in [0, 0.05) is 37.4 Å². The van der Waals surface area contributed by atoms with Crippen molar-refractivity contribution in [1.82, 2.24) is 14.9 Å². The van der Waals surface area contributed by atoms with Crippen LogP contribution in [0.15, 0.2) is 18.2 Å². The van der Waals surface area contributed by atoms with Gasteiger partial charge in [-0.1, -0.05) is 6.92 Å². The van der Waals surface area contributed by atoms with Crippen LogP contribution in [0.2, 0.25) is 5.28 Å². The van der Waals surface area contributed by atoms with Crippen LogP contribution in [0.5, 0.6) is 0 Å². The van der Waals surface area contributed by atoms with Gasteiger partial charge in [0.05, 0.1) is 24.3 Å². The number of methoxy groups -OCH3 is 1. The molecule has 0 saturated carbocycles. The molecule has 174 valence electrons. The number of anilines is 2. The summed E-state index contributed by atoms with van der Waals surface area (Å²) in [7, 11) is 1.59. The Hall–Kier alpha value is -2.59. The van der Waals surface area contributed by atoms with Crippen LogP contribution in [0.25, 0.3) is 0 Å². The molecule has 0 spiro atoms. The fourth-order valence-corrected chi connectivity index (χ4v) is 3.90. The Balaban J connectivity index is 1.77. The number of nitrogen functional groups attached to an aromatic ring is 1. The minimum atomic E-state index is -4.50. The summed E-state index contributed by atoms with van der Waals surface area (Å²) in [4.78, 5) is 23.1. The van der Waals surface area contributed by atoms with E-state index < -0.39 is 11.7 Å². The molecule has 0 radical (unpaired) electrons. The van der Waals surface area contributed by atoms with Crippen molar-refractivity contribution in [1.29, 1.82) is 0 Å². The van der Waals surface area contributed by atoms with Gasteiger partial charge in [-0.05, 0) is 48.2 Å². The molecule has 11 heteroatoms. The van der Waals surface area contributed by atoms with Crippen LogP contribution < -0.4 is 11.1 Å². The highest BCUT2D eigenvalue weighted by molar-refractivity contribution is 6.28. The summed E-state index contributed by atoms with van der Waals surface area (Å²) in [5.74, 6) is 0.212. The lowest BCUT2D eigenvalue weighted by Gasteiger charge is -2.22. The Labute approximate surface area is 189 Å². The minimum absolute atomic E-state index is 0.00414. The number of rotatable bonds is 8. The molecule has 0 bridgehead atoms. The number of halogens is 4. The topological polar surface area (TPSA) is 93.4 Å². The maximum atomic E-state index is 13.1.